The van der Waals surface area contributed by atoms with E-state index in [1.54, 1.807) is 6.08 Å². The van der Waals surface area contributed by atoms with E-state index in [2.05, 4.69) is 18.2 Å². The van der Waals surface area contributed by atoms with Crippen LogP contribution in [0, 0.1) is 6.92 Å². The molecule has 0 saturated carbocycles. The summed E-state index contributed by atoms with van der Waals surface area (Å²) in [7, 11) is 0. The molecule has 0 radical (unpaired) electrons. The Hall–Kier alpha value is -1.90. The van der Waals surface area contributed by atoms with E-state index in [0.29, 0.717) is 0 Å². The van der Waals surface area contributed by atoms with Gasteiger partial charge in [-0.2, -0.15) is 0 Å². The molecule has 2 aliphatic carbocycles. The highest BCUT2D eigenvalue weighted by Gasteiger charge is 2.34. The number of aliphatic hydroxyl groups excluding tert-OH is 2. The summed E-state index contributed by atoms with van der Waals surface area (Å²) in [6.07, 6.45) is 0.118. The summed E-state index contributed by atoms with van der Waals surface area (Å²) in [5.41, 5.74) is 7.60. The zero-order valence-electron chi connectivity index (χ0n) is 10.6. The van der Waals surface area contributed by atoms with Gasteiger partial charge in [0.05, 0.1) is 0 Å². The number of fused-ring (bicyclic) bond motifs is 3. The number of rotatable bonds is 0. The molecule has 94 valence electrons. The molecule has 2 N–H and O–H groups in total. The van der Waals surface area contributed by atoms with Gasteiger partial charge in [-0.1, -0.05) is 42.0 Å². The first kappa shape index (κ1) is 11.0. The summed E-state index contributed by atoms with van der Waals surface area (Å²) in [6.45, 7) is 2.02. The van der Waals surface area contributed by atoms with Crippen molar-refractivity contribution in [3.05, 3.63) is 64.7 Å². The average Bonchev–Trinajstić information content (AvgIpc) is 2.71. The van der Waals surface area contributed by atoms with Crippen LogP contribution in [-0.4, -0.2) is 16.3 Å². The fraction of sp³-hybridized carbons (Fsp3) is 0.176. The van der Waals surface area contributed by atoms with Gasteiger partial charge in [0.2, 0.25) is 0 Å². The molecule has 0 bridgehead atoms. The van der Waals surface area contributed by atoms with Gasteiger partial charge in [-0.15, -0.1) is 0 Å². The number of hydrogen-bond acceptors (Lipinski definition) is 2. The van der Waals surface area contributed by atoms with Crippen molar-refractivity contribution in [3.8, 4) is 11.1 Å². The number of hydrogen-bond donors (Lipinski definition) is 2. The van der Waals surface area contributed by atoms with Crippen LogP contribution in [0.2, 0.25) is 0 Å². The molecule has 2 aromatic carbocycles. The van der Waals surface area contributed by atoms with E-state index in [1.807, 2.05) is 25.1 Å². The predicted octanol–water partition coefficient (Wildman–Crippen LogP) is 2.82. The van der Waals surface area contributed by atoms with E-state index in [4.69, 9.17) is 0 Å². The molecule has 19 heavy (non-hydrogen) atoms. The Morgan fingerprint density at radius 2 is 1.68 bits per heavy atom. The van der Waals surface area contributed by atoms with Gasteiger partial charge in [-0.05, 0) is 46.4 Å². The van der Waals surface area contributed by atoms with E-state index in [-0.39, 0.29) is 0 Å². The van der Waals surface area contributed by atoms with Crippen LogP contribution >= 0.6 is 0 Å². The highest BCUT2D eigenvalue weighted by molar-refractivity contribution is 6.03. The second-order valence-electron chi connectivity index (χ2n) is 5.34. The van der Waals surface area contributed by atoms with Crippen LogP contribution in [-0.2, 0) is 0 Å². The third kappa shape index (κ3) is 1.33. The summed E-state index contributed by atoms with van der Waals surface area (Å²) in [6, 6.07) is 12.3. The molecule has 0 saturated heterocycles. The fourth-order valence-electron chi connectivity index (χ4n) is 3.27. The Morgan fingerprint density at radius 1 is 0.947 bits per heavy atom. The number of aliphatic hydroxyl groups is 2. The van der Waals surface area contributed by atoms with Gasteiger partial charge >= 0.3 is 0 Å². The molecule has 2 atom stereocenters. The van der Waals surface area contributed by atoms with Crippen molar-refractivity contribution < 1.29 is 10.2 Å². The molecule has 4 rings (SSSR count). The van der Waals surface area contributed by atoms with Gasteiger partial charge in [-0.3, -0.25) is 0 Å². The molecule has 0 unspecified atom stereocenters. The van der Waals surface area contributed by atoms with E-state index >= 15 is 0 Å². The minimum atomic E-state index is -0.830. The van der Waals surface area contributed by atoms with Crippen LogP contribution in [0.1, 0.15) is 28.4 Å². The Balaban J connectivity index is 2.15. The topological polar surface area (TPSA) is 40.5 Å². The van der Waals surface area contributed by atoms with E-state index in [1.165, 1.54) is 11.1 Å². The Labute approximate surface area is 111 Å². The normalized spacial score (nSPS) is 22.8. The molecule has 2 heteroatoms. The van der Waals surface area contributed by atoms with Crippen molar-refractivity contribution in [2.45, 2.75) is 19.1 Å². The molecule has 2 nitrogen and oxygen atoms in total. The van der Waals surface area contributed by atoms with Crippen LogP contribution in [0.5, 0.6) is 0 Å². The molecule has 0 aromatic heterocycles. The summed E-state index contributed by atoms with van der Waals surface area (Å²) >= 11 is 0. The number of benzene rings is 2. The van der Waals surface area contributed by atoms with Gasteiger partial charge in [0.1, 0.15) is 12.2 Å². The SMILES string of the molecule is Cc1cc2c3c(c1)[C@@H](O)[C@H](O)C=C3c1ccccc1-2. The first-order valence-electron chi connectivity index (χ1n) is 6.49. The largest absolute Gasteiger partial charge is 0.386 e. The third-order valence-corrected chi connectivity index (χ3v) is 4.07. The maximum Gasteiger partial charge on any atom is 0.109 e. The molecular weight excluding hydrogens is 236 g/mol. The molecule has 2 aromatic rings. The molecule has 0 spiro atoms. The summed E-state index contributed by atoms with van der Waals surface area (Å²) < 4.78 is 0. The zero-order chi connectivity index (χ0) is 13.1. The molecule has 0 aliphatic heterocycles. The average molecular weight is 250 g/mol. The summed E-state index contributed by atoms with van der Waals surface area (Å²) in [5.74, 6) is 0. The van der Waals surface area contributed by atoms with Crippen LogP contribution in [0.4, 0.5) is 0 Å². The van der Waals surface area contributed by atoms with Gasteiger partial charge in [0.15, 0.2) is 0 Å². The standard InChI is InChI=1S/C17H14O2/c1-9-6-12-10-4-2-3-5-11(10)13-8-15(18)17(19)14(7-9)16(12)13/h2-8,15,17-19H,1H3/t15-,17-/m1/s1. The predicted molar refractivity (Wildman–Crippen MR) is 74.7 cm³/mol. The lowest BCUT2D eigenvalue weighted by Gasteiger charge is -2.25. The molecule has 0 amide bonds. The zero-order valence-corrected chi connectivity index (χ0v) is 10.6. The monoisotopic (exact) mass is 250 g/mol. The van der Waals surface area contributed by atoms with E-state index in [9.17, 15) is 10.2 Å². The molecule has 0 heterocycles. The van der Waals surface area contributed by atoms with Crippen molar-refractivity contribution in [2.75, 3.05) is 0 Å². The molecular formula is C17H14O2. The van der Waals surface area contributed by atoms with Crippen LogP contribution < -0.4 is 0 Å². The van der Waals surface area contributed by atoms with Gasteiger partial charge in [-0.25, -0.2) is 0 Å². The van der Waals surface area contributed by atoms with Gasteiger partial charge in [0, 0.05) is 0 Å². The highest BCUT2D eigenvalue weighted by atomic mass is 16.3. The van der Waals surface area contributed by atoms with Gasteiger partial charge < -0.3 is 10.2 Å². The molecule has 2 aliphatic rings. The lowest BCUT2D eigenvalue weighted by Crippen LogP contribution is -2.21. The van der Waals surface area contributed by atoms with E-state index < -0.39 is 12.2 Å². The summed E-state index contributed by atoms with van der Waals surface area (Å²) in [5, 5.41) is 20.2. The summed E-state index contributed by atoms with van der Waals surface area (Å²) in [4.78, 5) is 0. The molecule has 0 fully saturated rings. The minimum Gasteiger partial charge on any atom is -0.386 e. The second-order valence-corrected chi connectivity index (χ2v) is 5.34. The van der Waals surface area contributed by atoms with Crippen molar-refractivity contribution in [2.24, 2.45) is 0 Å². The minimum absolute atomic E-state index is 0.827. The Kier molecular flexibility index (Phi) is 2.06. The Morgan fingerprint density at radius 3 is 2.47 bits per heavy atom. The van der Waals surface area contributed by atoms with Crippen molar-refractivity contribution in [1.82, 2.24) is 0 Å². The highest BCUT2D eigenvalue weighted by Crippen LogP contribution is 2.50. The van der Waals surface area contributed by atoms with Crippen molar-refractivity contribution >= 4 is 5.57 Å². The number of aryl methyl sites for hydroxylation is 1. The van der Waals surface area contributed by atoms with Crippen LogP contribution in [0.15, 0.2) is 42.5 Å². The quantitative estimate of drug-likeness (QED) is 0.644. The first-order valence-corrected chi connectivity index (χ1v) is 6.49. The van der Waals surface area contributed by atoms with Crippen molar-refractivity contribution in [3.63, 3.8) is 0 Å². The Bertz CT molecular complexity index is 728. The lowest BCUT2D eigenvalue weighted by atomic mass is 9.85. The second kappa shape index (κ2) is 3.56. The maximum atomic E-state index is 10.2. The first-order chi connectivity index (χ1) is 9.16. The van der Waals surface area contributed by atoms with Crippen LogP contribution in [0.25, 0.3) is 16.7 Å². The fourth-order valence-corrected chi connectivity index (χ4v) is 3.27. The van der Waals surface area contributed by atoms with Crippen molar-refractivity contribution in [1.29, 1.82) is 0 Å². The van der Waals surface area contributed by atoms with Gasteiger partial charge in [0.25, 0.3) is 0 Å². The van der Waals surface area contributed by atoms with E-state index in [0.717, 1.165) is 27.8 Å². The van der Waals surface area contributed by atoms with Crippen LogP contribution in [0.3, 0.4) is 0 Å². The lowest BCUT2D eigenvalue weighted by molar-refractivity contribution is 0.0467. The smallest absolute Gasteiger partial charge is 0.109 e. The maximum absolute atomic E-state index is 10.2. The third-order valence-electron chi connectivity index (χ3n) is 4.07.